The molecule has 1 aliphatic heterocycles. The van der Waals surface area contributed by atoms with E-state index < -0.39 is 5.92 Å². The number of benzene rings is 1. The number of amides is 2. The van der Waals surface area contributed by atoms with Gasteiger partial charge in [-0.1, -0.05) is 43.7 Å². The molecule has 160 valence electrons. The largest absolute Gasteiger partial charge is 0.338 e. The minimum atomic E-state index is -0.480. The number of hydrogen-bond donors (Lipinski definition) is 1. The van der Waals surface area contributed by atoms with Gasteiger partial charge in [-0.3, -0.25) is 14.6 Å². The molecule has 0 bridgehead atoms. The van der Waals surface area contributed by atoms with E-state index in [4.69, 9.17) is 0 Å². The number of carbonyl (C=O) groups excluding carboxylic acids is 2. The van der Waals surface area contributed by atoms with E-state index in [0.717, 1.165) is 23.2 Å². The zero-order valence-corrected chi connectivity index (χ0v) is 18.6. The molecule has 1 fully saturated rings. The second-order valence-electron chi connectivity index (χ2n) is 7.87. The number of rotatable bonds is 7. The fourth-order valence-electron chi connectivity index (χ4n) is 4.00. The predicted molar refractivity (Wildman–Crippen MR) is 123 cm³/mol. The molecule has 6 nitrogen and oxygen atoms in total. The van der Waals surface area contributed by atoms with Gasteiger partial charge in [0.1, 0.15) is 0 Å². The van der Waals surface area contributed by atoms with E-state index in [1.54, 1.807) is 24.3 Å². The molecule has 2 atom stereocenters. The highest BCUT2D eigenvalue weighted by Crippen LogP contribution is 2.37. The summed E-state index contributed by atoms with van der Waals surface area (Å²) < 4.78 is 0. The predicted octanol–water partition coefficient (Wildman–Crippen LogP) is 4.71. The van der Waals surface area contributed by atoms with Crippen LogP contribution in [0.15, 0.2) is 54.2 Å². The number of thiazole rings is 1. The van der Waals surface area contributed by atoms with Gasteiger partial charge in [0.05, 0.1) is 17.7 Å². The molecule has 3 aromatic rings. The number of anilines is 1. The number of carbonyl (C=O) groups is 2. The Kier molecular flexibility index (Phi) is 6.42. The molecule has 7 heteroatoms. The van der Waals surface area contributed by atoms with E-state index in [0.29, 0.717) is 5.13 Å². The normalized spacial score (nSPS) is 18.4. The van der Waals surface area contributed by atoms with Crippen LogP contribution in [0.25, 0.3) is 11.3 Å². The van der Waals surface area contributed by atoms with Gasteiger partial charge in [0, 0.05) is 36.8 Å². The first kappa shape index (κ1) is 21.2. The van der Waals surface area contributed by atoms with Crippen molar-refractivity contribution in [2.75, 3.05) is 12.4 Å². The summed E-state index contributed by atoms with van der Waals surface area (Å²) in [5.41, 5.74) is 4.05. The Morgan fingerprint density at radius 2 is 2.06 bits per heavy atom. The van der Waals surface area contributed by atoms with Crippen molar-refractivity contribution >= 4 is 28.3 Å². The molecule has 3 heterocycles. The third-order valence-electron chi connectivity index (χ3n) is 5.75. The summed E-state index contributed by atoms with van der Waals surface area (Å²) in [5, 5.41) is 5.41. The number of nitrogens with one attached hydrogen (secondary N) is 1. The van der Waals surface area contributed by atoms with Crippen molar-refractivity contribution in [1.29, 1.82) is 0 Å². The first-order chi connectivity index (χ1) is 15.1. The molecule has 0 radical (unpaired) electrons. The Bertz CT molecular complexity index is 1050. The van der Waals surface area contributed by atoms with Gasteiger partial charge >= 0.3 is 0 Å². The maximum atomic E-state index is 13.0. The molecular formula is C24H26N4O2S. The number of pyridine rings is 1. The fourth-order valence-corrected chi connectivity index (χ4v) is 4.72. The number of likely N-dealkylation sites (tertiary alicyclic amines) is 1. The number of aromatic nitrogens is 2. The van der Waals surface area contributed by atoms with Gasteiger partial charge in [-0.2, -0.15) is 0 Å². The Morgan fingerprint density at radius 1 is 1.26 bits per heavy atom. The van der Waals surface area contributed by atoms with Crippen LogP contribution in [0.4, 0.5) is 5.13 Å². The summed E-state index contributed by atoms with van der Waals surface area (Å²) in [7, 11) is 1.74. The number of nitrogens with zero attached hydrogens (tertiary/aromatic N) is 3. The van der Waals surface area contributed by atoms with Crippen molar-refractivity contribution in [1.82, 2.24) is 14.9 Å². The monoisotopic (exact) mass is 434 g/mol. The molecule has 1 saturated heterocycles. The second-order valence-corrected chi connectivity index (χ2v) is 8.73. The lowest BCUT2D eigenvalue weighted by Gasteiger charge is -2.24. The van der Waals surface area contributed by atoms with Crippen molar-refractivity contribution in [3.63, 3.8) is 0 Å². The minimum Gasteiger partial charge on any atom is -0.338 e. The van der Waals surface area contributed by atoms with Crippen LogP contribution < -0.4 is 5.32 Å². The molecule has 1 N–H and O–H groups in total. The van der Waals surface area contributed by atoms with Gasteiger partial charge in [0.15, 0.2) is 5.13 Å². The highest BCUT2D eigenvalue weighted by molar-refractivity contribution is 7.14. The highest BCUT2D eigenvalue weighted by atomic mass is 32.1. The Balaban J connectivity index is 1.46. The first-order valence-corrected chi connectivity index (χ1v) is 11.5. The van der Waals surface area contributed by atoms with Crippen LogP contribution in [0.3, 0.4) is 0 Å². The molecule has 31 heavy (non-hydrogen) atoms. The number of hydrogen-bond acceptors (Lipinski definition) is 5. The maximum absolute atomic E-state index is 13.0. The molecule has 0 saturated carbocycles. The Hall–Kier alpha value is -3.06. The molecular weight excluding hydrogens is 408 g/mol. The van der Waals surface area contributed by atoms with Crippen LogP contribution in [0.5, 0.6) is 0 Å². The lowest BCUT2D eigenvalue weighted by Crippen LogP contribution is -2.30. The van der Waals surface area contributed by atoms with E-state index in [-0.39, 0.29) is 24.3 Å². The van der Waals surface area contributed by atoms with Crippen molar-refractivity contribution < 1.29 is 9.59 Å². The zero-order valence-electron chi connectivity index (χ0n) is 17.7. The average Bonchev–Trinajstić information content (AvgIpc) is 3.38. The van der Waals surface area contributed by atoms with Gasteiger partial charge in [-0.15, -0.1) is 11.3 Å². The summed E-state index contributed by atoms with van der Waals surface area (Å²) in [6.45, 7) is 2.19. The maximum Gasteiger partial charge on any atom is 0.232 e. The van der Waals surface area contributed by atoms with Crippen molar-refractivity contribution in [2.24, 2.45) is 5.92 Å². The molecule has 0 spiro atoms. The second kappa shape index (κ2) is 9.39. The summed E-state index contributed by atoms with van der Waals surface area (Å²) >= 11 is 1.39. The third-order valence-corrected chi connectivity index (χ3v) is 6.51. The van der Waals surface area contributed by atoms with Crippen molar-refractivity contribution in [2.45, 2.75) is 38.6 Å². The third kappa shape index (κ3) is 4.66. The highest BCUT2D eigenvalue weighted by Gasteiger charge is 2.43. The van der Waals surface area contributed by atoms with Crippen molar-refractivity contribution in [3.8, 4) is 11.3 Å². The van der Waals surface area contributed by atoms with Crippen LogP contribution in [-0.2, 0) is 16.0 Å². The van der Waals surface area contributed by atoms with Gasteiger partial charge in [-0.05, 0) is 30.0 Å². The Morgan fingerprint density at radius 3 is 2.77 bits per heavy atom. The zero-order chi connectivity index (χ0) is 21.8. The van der Waals surface area contributed by atoms with Crippen LogP contribution in [0.2, 0.25) is 0 Å². The lowest BCUT2D eigenvalue weighted by molar-refractivity contribution is -0.127. The van der Waals surface area contributed by atoms with Gasteiger partial charge in [-0.25, -0.2) is 4.98 Å². The smallest absolute Gasteiger partial charge is 0.232 e. The molecule has 2 aromatic heterocycles. The number of unbranched alkanes of at least 4 members (excludes halogenated alkanes) is 1. The minimum absolute atomic E-state index is 0.0445. The van der Waals surface area contributed by atoms with E-state index in [2.05, 4.69) is 46.5 Å². The van der Waals surface area contributed by atoms with Crippen molar-refractivity contribution in [3.05, 3.63) is 65.3 Å². The molecule has 2 unspecified atom stereocenters. The standard InChI is InChI=1S/C24H26N4O2S/c1-3-4-6-16-8-10-17(11-9-16)20-15-31-24(26-20)27-23(30)19-13-21(29)28(2)22(19)18-7-5-12-25-14-18/h5,7-12,14-15,19,22H,3-4,6,13H2,1-2H3,(H,26,27,30). The molecule has 1 aliphatic rings. The number of aryl methyl sites for hydroxylation is 1. The van der Waals surface area contributed by atoms with Gasteiger partial charge < -0.3 is 10.2 Å². The fraction of sp³-hybridized carbons (Fsp3) is 0.333. The summed E-state index contributed by atoms with van der Waals surface area (Å²) in [6.07, 6.45) is 7.03. The SMILES string of the molecule is CCCCc1ccc(-c2csc(NC(=O)C3CC(=O)N(C)C3c3cccnc3)n2)cc1. The van der Waals surface area contributed by atoms with Crippen LogP contribution in [-0.4, -0.2) is 33.7 Å². The van der Waals surface area contributed by atoms with Crippen LogP contribution >= 0.6 is 11.3 Å². The summed E-state index contributed by atoms with van der Waals surface area (Å²) in [5.74, 6) is -0.716. The summed E-state index contributed by atoms with van der Waals surface area (Å²) in [6, 6.07) is 11.8. The molecule has 2 amide bonds. The van der Waals surface area contributed by atoms with E-state index in [1.165, 1.54) is 29.7 Å². The van der Waals surface area contributed by atoms with E-state index >= 15 is 0 Å². The van der Waals surface area contributed by atoms with Gasteiger partial charge in [0.2, 0.25) is 11.8 Å². The molecule has 4 rings (SSSR count). The lowest BCUT2D eigenvalue weighted by atomic mass is 9.94. The van der Waals surface area contributed by atoms with Crippen LogP contribution in [0, 0.1) is 5.92 Å². The first-order valence-electron chi connectivity index (χ1n) is 10.6. The van der Waals surface area contributed by atoms with E-state index in [1.807, 2.05) is 17.5 Å². The topological polar surface area (TPSA) is 75.2 Å². The molecule has 0 aliphatic carbocycles. The Labute approximate surface area is 186 Å². The molecule has 1 aromatic carbocycles. The average molecular weight is 435 g/mol. The van der Waals surface area contributed by atoms with E-state index in [9.17, 15) is 9.59 Å². The van der Waals surface area contributed by atoms with Gasteiger partial charge in [0.25, 0.3) is 0 Å². The van der Waals surface area contributed by atoms with Crippen LogP contribution in [0.1, 0.15) is 43.4 Å². The quantitative estimate of drug-likeness (QED) is 0.585. The summed E-state index contributed by atoms with van der Waals surface area (Å²) in [4.78, 5) is 35.7.